The third kappa shape index (κ3) is 7.61. The molecule has 4 heterocycles. The van der Waals surface area contributed by atoms with Gasteiger partial charge in [0.2, 0.25) is 0 Å². The van der Waals surface area contributed by atoms with Gasteiger partial charge in [-0.3, -0.25) is 0 Å². The molecule has 0 saturated carbocycles. The average Bonchev–Trinajstić information content (AvgIpc) is 4.13. The first-order chi connectivity index (χ1) is 37.6. The normalized spacial score (nSPS) is 12.2. The third-order valence-electron chi connectivity index (χ3n) is 14.6. The smallest absolute Gasteiger partial charge is 0.164 e. The van der Waals surface area contributed by atoms with Crippen LogP contribution in [-0.2, 0) is 0 Å². The van der Waals surface area contributed by atoms with Crippen molar-refractivity contribution >= 4 is 77.8 Å². The molecule has 4 aromatic heterocycles. The lowest BCUT2D eigenvalue weighted by molar-refractivity contribution is 0.668. The van der Waals surface area contributed by atoms with Crippen LogP contribution in [0, 0.1) is 0 Å². The molecule has 1 aliphatic carbocycles. The SMILES string of the molecule is C1=Cc2ccc3c(c2C=CC1)c1cccc(-c2cccc(-c4ccc5c(c4)oc4ccccc45)c2)c1n3-c1cccc(-c2cccc(-c3nc(-c4ccccc4)nc(-c4ccc5c(c4)oc4ccccc45)n3)c2)c1.CC. The number of aromatic nitrogens is 4. The maximum absolute atomic E-state index is 6.35. The molecule has 0 N–H and O–H groups in total. The summed E-state index contributed by atoms with van der Waals surface area (Å²) >= 11 is 0. The Hall–Kier alpha value is -9.91. The van der Waals surface area contributed by atoms with Crippen molar-refractivity contribution in [1.82, 2.24) is 19.5 Å². The van der Waals surface area contributed by atoms with Gasteiger partial charge in [0.05, 0.1) is 11.0 Å². The summed E-state index contributed by atoms with van der Waals surface area (Å²) in [5, 5.41) is 6.83. The van der Waals surface area contributed by atoms with Crippen LogP contribution in [-0.4, -0.2) is 19.5 Å². The Morgan fingerprint density at radius 2 is 0.868 bits per heavy atom. The summed E-state index contributed by atoms with van der Waals surface area (Å²) in [4.78, 5) is 15.3. The van der Waals surface area contributed by atoms with Crippen molar-refractivity contribution in [1.29, 1.82) is 0 Å². The number of rotatable bonds is 7. The Morgan fingerprint density at radius 3 is 1.59 bits per heavy atom. The molecule has 0 bridgehead atoms. The molecule has 15 rings (SSSR count). The van der Waals surface area contributed by atoms with Crippen LogP contribution in [0.3, 0.4) is 0 Å². The van der Waals surface area contributed by atoms with Crippen molar-refractivity contribution in [2.45, 2.75) is 20.3 Å². The number of benzene rings is 10. The van der Waals surface area contributed by atoms with Crippen molar-refractivity contribution in [3.05, 3.63) is 242 Å². The van der Waals surface area contributed by atoms with Crippen LogP contribution in [0.5, 0.6) is 0 Å². The third-order valence-corrected chi connectivity index (χ3v) is 14.6. The maximum Gasteiger partial charge on any atom is 0.164 e. The molecule has 14 aromatic rings. The molecule has 0 saturated heterocycles. The van der Waals surface area contributed by atoms with Crippen molar-refractivity contribution in [3.8, 4) is 73.2 Å². The second-order valence-corrected chi connectivity index (χ2v) is 19.0. The Kier molecular flexibility index (Phi) is 10.9. The Bertz CT molecular complexity index is 4650. The summed E-state index contributed by atoms with van der Waals surface area (Å²) in [6, 6.07) is 76.9. The minimum atomic E-state index is 0.576. The van der Waals surface area contributed by atoms with Crippen molar-refractivity contribution in [2.75, 3.05) is 0 Å². The van der Waals surface area contributed by atoms with Crippen molar-refractivity contribution in [2.24, 2.45) is 0 Å². The van der Waals surface area contributed by atoms with Gasteiger partial charge in [-0.2, -0.15) is 0 Å². The van der Waals surface area contributed by atoms with Gasteiger partial charge in [-0.15, -0.1) is 0 Å². The predicted molar refractivity (Wildman–Crippen MR) is 315 cm³/mol. The van der Waals surface area contributed by atoms with Gasteiger partial charge in [-0.05, 0) is 112 Å². The van der Waals surface area contributed by atoms with Crippen LogP contribution in [0.2, 0.25) is 0 Å². The lowest BCUT2D eigenvalue weighted by Crippen LogP contribution is -2.00. The standard InChI is InChI=1S/C68H42N4O2.C2H6/c1-4-16-43(17-5-1)66-69-67(71-68(70-66)50-32-35-57-55-26-8-10-30-61(55)74-63(57)41-50)49-22-12-19-45(38-49)46-20-13-23-51(39-46)72-59-36-33-42-15-3-2-6-24-52(42)64(59)58-28-14-27-53(65(58)72)48-21-11-18-44(37-48)47-31-34-56-54-25-7-9-29-60(54)73-62(56)40-47;1-2/h1,3-41H,2H2;1-2H3. The number of para-hydroxylation sites is 3. The molecule has 0 atom stereocenters. The van der Waals surface area contributed by atoms with Gasteiger partial charge >= 0.3 is 0 Å². The van der Waals surface area contributed by atoms with E-state index in [1.165, 1.54) is 21.9 Å². The highest BCUT2D eigenvalue weighted by Crippen LogP contribution is 2.43. The van der Waals surface area contributed by atoms with Gasteiger partial charge in [-0.1, -0.05) is 190 Å². The Balaban J connectivity index is 0.00000261. The van der Waals surface area contributed by atoms with E-state index in [1.54, 1.807) is 0 Å². The molecule has 10 aromatic carbocycles. The van der Waals surface area contributed by atoms with E-state index in [2.05, 4.69) is 181 Å². The Morgan fingerprint density at radius 1 is 0.368 bits per heavy atom. The van der Waals surface area contributed by atoms with Gasteiger partial charge in [0.15, 0.2) is 17.5 Å². The average molecular weight is 977 g/mol. The molecule has 0 aliphatic heterocycles. The lowest BCUT2D eigenvalue weighted by atomic mass is 9.95. The lowest BCUT2D eigenvalue weighted by Gasteiger charge is -2.14. The monoisotopic (exact) mass is 976 g/mol. The Labute approximate surface area is 439 Å². The van der Waals surface area contributed by atoms with E-state index in [1.807, 2.05) is 80.6 Å². The minimum absolute atomic E-state index is 0.576. The second kappa shape index (κ2) is 18.5. The summed E-state index contributed by atoms with van der Waals surface area (Å²) in [6.45, 7) is 4.00. The highest BCUT2D eigenvalue weighted by molar-refractivity contribution is 6.18. The first kappa shape index (κ1) is 44.8. The van der Waals surface area contributed by atoms with Gasteiger partial charge in [0.25, 0.3) is 0 Å². The van der Waals surface area contributed by atoms with Gasteiger partial charge in [0.1, 0.15) is 22.3 Å². The number of furan rings is 2. The largest absolute Gasteiger partial charge is 0.456 e. The zero-order valence-corrected chi connectivity index (χ0v) is 41.9. The summed E-state index contributed by atoms with van der Waals surface area (Å²) in [5.74, 6) is 1.77. The summed E-state index contributed by atoms with van der Waals surface area (Å²) in [6.07, 6.45) is 9.97. The fourth-order valence-corrected chi connectivity index (χ4v) is 11.1. The van der Waals surface area contributed by atoms with E-state index in [0.29, 0.717) is 17.5 Å². The highest BCUT2D eigenvalue weighted by atomic mass is 16.3. The first-order valence-electron chi connectivity index (χ1n) is 26.0. The molecular formula is C70H48N4O2. The second-order valence-electron chi connectivity index (χ2n) is 19.0. The molecule has 6 heteroatoms. The maximum atomic E-state index is 6.35. The highest BCUT2D eigenvalue weighted by Gasteiger charge is 2.22. The molecule has 0 unspecified atom stereocenters. The summed E-state index contributed by atoms with van der Waals surface area (Å²) in [5.41, 5.74) is 18.5. The van der Waals surface area contributed by atoms with Crippen LogP contribution >= 0.6 is 0 Å². The topological polar surface area (TPSA) is 69.9 Å². The summed E-state index contributed by atoms with van der Waals surface area (Å²) < 4.78 is 15.1. The molecule has 0 radical (unpaired) electrons. The summed E-state index contributed by atoms with van der Waals surface area (Å²) in [7, 11) is 0. The van der Waals surface area contributed by atoms with Crippen LogP contribution in [0.4, 0.5) is 0 Å². The number of allylic oxidation sites excluding steroid dienone is 2. The predicted octanol–water partition coefficient (Wildman–Crippen LogP) is 19.2. The number of fused-ring (bicyclic) bond motifs is 11. The number of hydrogen-bond acceptors (Lipinski definition) is 5. The first-order valence-corrected chi connectivity index (χ1v) is 26.0. The van der Waals surface area contributed by atoms with E-state index in [0.717, 1.165) is 117 Å². The van der Waals surface area contributed by atoms with Gasteiger partial charge < -0.3 is 13.4 Å². The molecule has 0 spiro atoms. The zero-order chi connectivity index (χ0) is 50.7. The van der Waals surface area contributed by atoms with E-state index in [4.69, 9.17) is 23.8 Å². The van der Waals surface area contributed by atoms with Crippen LogP contribution < -0.4 is 0 Å². The van der Waals surface area contributed by atoms with E-state index < -0.39 is 0 Å². The molecule has 76 heavy (non-hydrogen) atoms. The number of nitrogens with zero attached hydrogens (tertiary/aromatic N) is 4. The molecule has 1 aliphatic rings. The quantitative estimate of drug-likeness (QED) is 0.159. The fraction of sp³-hybridized carbons (Fsp3) is 0.0429. The van der Waals surface area contributed by atoms with E-state index in [9.17, 15) is 0 Å². The van der Waals surface area contributed by atoms with Gasteiger partial charge in [0, 0.05) is 60.3 Å². The zero-order valence-electron chi connectivity index (χ0n) is 41.9. The molecule has 6 nitrogen and oxygen atoms in total. The van der Waals surface area contributed by atoms with E-state index >= 15 is 0 Å². The van der Waals surface area contributed by atoms with Crippen LogP contribution in [0.25, 0.3) is 151 Å². The molecule has 0 fully saturated rings. The number of hydrogen-bond donors (Lipinski definition) is 0. The van der Waals surface area contributed by atoms with Crippen LogP contribution in [0.15, 0.2) is 239 Å². The minimum Gasteiger partial charge on any atom is -0.456 e. The molecular weight excluding hydrogens is 929 g/mol. The van der Waals surface area contributed by atoms with Gasteiger partial charge in [-0.25, -0.2) is 15.0 Å². The molecule has 360 valence electrons. The van der Waals surface area contributed by atoms with Crippen LogP contribution in [0.1, 0.15) is 31.4 Å². The fourth-order valence-electron chi connectivity index (χ4n) is 11.1. The van der Waals surface area contributed by atoms with Crippen molar-refractivity contribution < 1.29 is 8.83 Å². The van der Waals surface area contributed by atoms with Crippen molar-refractivity contribution in [3.63, 3.8) is 0 Å². The van der Waals surface area contributed by atoms with E-state index in [-0.39, 0.29) is 0 Å². The molecule has 0 amide bonds.